The molecule has 1 unspecified atom stereocenters. The maximum atomic E-state index is 12.5. The molecular formula is C10H9F3N2O2S. The van der Waals surface area contributed by atoms with E-state index >= 15 is 0 Å². The lowest BCUT2D eigenvalue weighted by Crippen LogP contribution is -2.37. The first-order chi connectivity index (χ1) is 8.20. The van der Waals surface area contributed by atoms with E-state index in [1.807, 2.05) is 0 Å². The summed E-state index contributed by atoms with van der Waals surface area (Å²) in [5.74, 6) is -1.12. The van der Waals surface area contributed by atoms with Gasteiger partial charge in [0.2, 0.25) is 0 Å². The van der Waals surface area contributed by atoms with Crippen molar-refractivity contribution >= 4 is 30.0 Å². The monoisotopic (exact) mass is 278 g/mol. The standard InChI is InChI=1S/C10H9F3N2O2S/c11-10(12,13)5-1-2-6-7(3-5)15-9(18,14-6)4-8(16)17/h1-3,14-15,18H,4H2,(H,16,17). The maximum Gasteiger partial charge on any atom is 0.416 e. The van der Waals surface area contributed by atoms with Crippen LogP contribution in [0.15, 0.2) is 18.2 Å². The number of carbonyl (C=O) groups is 1. The molecule has 0 bridgehead atoms. The topological polar surface area (TPSA) is 61.4 Å². The van der Waals surface area contributed by atoms with Crippen molar-refractivity contribution in [3.63, 3.8) is 0 Å². The molecule has 0 radical (unpaired) electrons. The van der Waals surface area contributed by atoms with Crippen molar-refractivity contribution in [3.05, 3.63) is 23.8 Å². The Kier molecular flexibility index (Phi) is 2.84. The molecule has 1 atom stereocenters. The molecule has 1 aromatic rings. The average Bonchev–Trinajstić information content (AvgIpc) is 2.48. The lowest BCUT2D eigenvalue weighted by atomic mass is 10.2. The fourth-order valence-corrected chi connectivity index (χ4v) is 2.09. The molecular weight excluding hydrogens is 269 g/mol. The molecule has 1 aliphatic heterocycles. The summed E-state index contributed by atoms with van der Waals surface area (Å²) in [5.41, 5.74) is -0.233. The molecule has 3 N–H and O–H groups in total. The van der Waals surface area contributed by atoms with E-state index in [2.05, 4.69) is 23.3 Å². The lowest BCUT2D eigenvalue weighted by Gasteiger charge is -2.22. The van der Waals surface area contributed by atoms with Crippen LogP contribution in [0.4, 0.5) is 24.5 Å². The first-order valence-electron chi connectivity index (χ1n) is 4.91. The van der Waals surface area contributed by atoms with E-state index in [4.69, 9.17) is 5.11 Å². The third-order valence-electron chi connectivity index (χ3n) is 2.44. The molecule has 0 aliphatic carbocycles. The van der Waals surface area contributed by atoms with E-state index in [1.54, 1.807) is 0 Å². The Labute approximate surface area is 106 Å². The van der Waals surface area contributed by atoms with Crippen molar-refractivity contribution in [2.45, 2.75) is 17.6 Å². The number of carboxylic acids is 1. The van der Waals surface area contributed by atoms with Gasteiger partial charge in [-0.2, -0.15) is 13.2 Å². The third kappa shape index (κ3) is 2.47. The Bertz CT molecular complexity index is 506. The Morgan fingerprint density at radius 2 is 1.94 bits per heavy atom. The van der Waals surface area contributed by atoms with Crippen LogP contribution in [0.1, 0.15) is 12.0 Å². The highest BCUT2D eigenvalue weighted by molar-refractivity contribution is 7.82. The third-order valence-corrected chi connectivity index (χ3v) is 2.82. The van der Waals surface area contributed by atoms with Gasteiger partial charge in [-0.3, -0.25) is 4.79 Å². The molecule has 0 spiro atoms. The number of aliphatic carboxylic acids is 1. The number of benzene rings is 1. The number of alkyl halides is 3. The fraction of sp³-hybridized carbons (Fsp3) is 0.300. The predicted octanol–water partition coefficient (Wildman–Crippen LogP) is 2.60. The van der Waals surface area contributed by atoms with E-state index in [1.165, 1.54) is 6.07 Å². The summed E-state index contributed by atoms with van der Waals surface area (Å²) in [4.78, 5) is 9.35. The quantitative estimate of drug-likeness (QED) is 0.628. The Morgan fingerprint density at radius 3 is 2.50 bits per heavy atom. The lowest BCUT2D eigenvalue weighted by molar-refractivity contribution is -0.138. The van der Waals surface area contributed by atoms with Gasteiger partial charge in [-0.05, 0) is 18.2 Å². The molecule has 8 heteroatoms. The van der Waals surface area contributed by atoms with Crippen LogP contribution in [-0.4, -0.2) is 16.1 Å². The van der Waals surface area contributed by atoms with E-state index in [0.29, 0.717) is 5.69 Å². The number of hydrogen-bond donors (Lipinski definition) is 4. The summed E-state index contributed by atoms with van der Waals surface area (Å²) in [6.07, 6.45) is -4.82. The maximum absolute atomic E-state index is 12.5. The number of hydrogen-bond acceptors (Lipinski definition) is 4. The van der Waals surface area contributed by atoms with Gasteiger partial charge in [0.15, 0.2) is 4.99 Å². The molecule has 0 saturated carbocycles. The number of rotatable bonds is 2. The van der Waals surface area contributed by atoms with Crippen molar-refractivity contribution in [2.24, 2.45) is 0 Å². The molecule has 0 saturated heterocycles. The minimum absolute atomic E-state index is 0.182. The number of thiol groups is 1. The summed E-state index contributed by atoms with van der Waals surface area (Å²) in [5, 5.41) is 14.0. The summed E-state index contributed by atoms with van der Waals surface area (Å²) in [7, 11) is 0. The second-order valence-electron chi connectivity index (χ2n) is 3.94. The highest BCUT2D eigenvalue weighted by Gasteiger charge is 2.37. The van der Waals surface area contributed by atoms with Crippen molar-refractivity contribution < 1.29 is 23.1 Å². The number of carboxylic acid groups (broad SMARTS) is 1. The van der Waals surface area contributed by atoms with E-state index < -0.39 is 22.7 Å². The van der Waals surface area contributed by atoms with Crippen LogP contribution in [0.25, 0.3) is 0 Å². The molecule has 4 nitrogen and oxygen atoms in total. The number of nitrogens with one attached hydrogen (secondary N) is 2. The zero-order chi connectivity index (χ0) is 13.6. The van der Waals surface area contributed by atoms with Crippen LogP contribution < -0.4 is 10.6 Å². The molecule has 1 aromatic carbocycles. The van der Waals surface area contributed by atoms with Gasteiger partial charge in [0.1, 0.15) is 0 Å². The number of fused-ring (bicyclic) bond motifs is 1. The summed E-state index contributed by atoms with van der Waals surface area (Å²) in [6, 6.07) is 3.08. The second kappa shape index (κ2) is 3.98. The van der Waals surface area contributed by atoms with Crippen molar-refractivity contribution in [1.82, 2.24) is 0 Å². The van der Waals surface area contributed by atoms with Gasteiger partial charge >= 0.3 is 12.1 Å². The minimum Gasteiger partial charge on any atom is -0.481 e. The predicted molar refractivity (Wildman–Crippen MR) is 62.7 cm³/mol. The largest absolute Gasteiger partial charge is 0.481 e. The first kappa shape index (κ1) is 12.9. The van der Waals surface area contributed by atoms with Gasteiger partial charge in [-0.15, -0.1) is 12.6 Å². The first-order valence-corrected chi connectivity index (χ1v) is 5.36. The zero-order valence-corrected chi connectivity index (χ0v) is 9.77. The smallest absolute Gasteiger partial charge is 0.416 e. The molecule has 1 heterocycles. The summed E-state index contributed by atoms with van der Waals surface area (Å²) < 4.78 is 37.5. The van der Waals surface area contributed by atoms with Crippen LogP contribution >= 0.6 is 12.6 Å². The van der Waals surface area contributed by atoms with Gasteiger partial charge in [0.05, 0.1) is 23.4 Å². The second-order valence-corrected chi connectivity index (χ2v) is 4.70. The highest BCUT2D eigenvalue weighted by Crippen LogP contribution is 2.41. The summed E-state index contributed by atoms with van der Waals surface area (Å²) in [6.45, 7) is 0. The zero-order valence-electron chi connectivity index (χ0n) is 8.88. The van der Waals surface area contributed by atoms with Gasteiger partial charge in [-0.25, -0.2) is 0 Å². The van der Waals surface area contributed by atoms with E-state index in [-0.39, 0.29) is 12.1 Å². The molecule has 2 rings (SSSR count). The van der Waals surface area contributed by atoms with Crippen LogP contribution in [0.3, 0.4) is 0 Å². The normalized spacial score (nSPS) is 22.0. The average molecular weight is 278 g/mol. The molecule has 1 aliphatic rings. The number of halogens is 3. The Morgan fingerprint density at radius 1 is 1.33 bits per heavy atom. The SMILES string of the molecule is O=C(O)CC1(S)Nc2ccc(C(F)(F)F)cc2N1. The fourth-order valence-electron chi connectivity index (χ4n) is 1.72. The van der Waals surface area contributed by atoms with Crippen molar-refractivity contribution in [2.75, 3.05) is 10.6 Å². The van der Waals surface area contributed by atoms with E-state index in [9.17, 15) is 18.0 Å². The van der Waals surface area contributed by atoms with Gasteiger partial charge < -0.3 is 15.7 Å². The minimum atomic E-state index is -4.44. The van der Waals surface area contributed by atoms with Crippen LogP contribution in [0.5, 0.6) is 0 Å². The van der Waals surface area contributed by atoms with Gasteiger partial charge in [0.25, 0.3) is 0 Å². The Hall–Kier alpha value is -1.57. The summed E-state index contributed by atoms with van der Waals surface area (Å²) >= 11 is 4.09. The van der Waals surface area contributed by atoms with Crippen molar-refractivity contribution in [3.8, 4) is 0 Å². The molecule has 98 valence electrons. The van der Waals surface area contributed by atoms with Gasteiger partial charge in [-0.1, -0.05) is 0 Å². The van der Waals surface area contributed by atoms with Crippen molar-refractivity contribution in [1.29, 1.82) is 0 Å². The van der Waals surface area contributed by atoms with Crippen LogP contribution in [0.2, 0.25) is 0 Å². The van der Waals surface area contributed by atoms with Crippen LogP contribution in [-0.2, 0) is 11.0 Å². The number of anilines is 2. The van der Waals surface area contributed by atoms with Crippen LogP contribution in [0, 0.1) is 0 Å². The molecule has 0 fully saturated rings. The highest BCUT2D eigenvalue weighted by atomic mass is 32.1. The Balaban J connectivity index is 2.28. The molecule has 0 amide bonds. The molecule has 0 aromatic heterocycles. The van der Waals surface area contributed by atoms with Gasteiger partial charge in [0, 0.05) is 0 Å². The van der Waals surface area contributed by atoms with E-state index in [0.717, 1.165) is 12.1 Å². The molecule has 18 heavy (non-hydrogen) atoms.